The van der Waals surface area contributed by atoms with E-state index in [1.807, 2.05) is 25.1 Å². The molecular weight excluding hydrogens is 803 g/mol. The van der Waals surface area contributed by atoms with Crippen molar-refractivity contribution in [1.82, 2.24) is 26.2 Å². The van der Waals surface area contributed by atoms with Gasteiger partial charge < -0.3 is 52.8 Å². The fraction of sp³-hybridized carbons (Fsp3) is 0.489. The molecule has 3 aromatic carbocycles. The highest BCUT2D eigenvalue weighted by Crippen LogP contribution is 2.40. The molecule has 63 heavy (non-hydrogen) atoms. The molecule has 10 N–H and O–H groups in total. The summed E-state index contributed by atoms with van der Waals surface area (Å²) in [7, 11) is 1.45. The van der Waals surface area contributed by atoms with Crippen LogP contribution in [0.15, 0.2) is 54.6 Å². The first-order chi connectivity index (χ1) is 30.4. The summed E-state index contributed by atoms with van der Waals surface area (Å²) >= 11 is 0. The monoisotopic (exact) mass is 865 g/mol. The Morgan fingerprint density at radius 3 is 2.22 bits per heavy atom. The largest absolute Gasteiger partial charge is 0.492 e. The number of hydrogen-bond acceptors (Lipinski definition) is 11. The van der Waals surface area contributed by atoms with Crippen molar-refractivity contribution in [1.29, 1.82) is 5.26 Å². The third-order valence-electron chi connectivity index (χ3n) is 11.7. The zero-order valence-corrected chi connectivity index (χ0v) is 36.7. The molecule has 2 aliphatic rings. The van der Waals surface area contributed by atoms with Crippen LogP contribution in [0.3, 0.4) is 0 Å². The van der Waals surface area contributed by atoms with Crippen molar-refractivity contribution in [3.63, 3.8) is 0 Å². The van der Waals surface area contributed by atoms with Gasteiger partial charge in [-0.3, -0.25) is 24.0 Å². The Labute approximate surface area is 370 Å². The van der Waals surface area contributed by atoms with Crippen LogP contribution in [0, 0.1) is 24.2 Å². The maximum absolute atomic E-state index is 14.6. The standard InChI is InChI=1S/C47H63N9O7/c1-29-25-32(10-9-31-7-5-4-6-8-31)11-14-35(29)44(58)54-38(17-18-48)47(61)56(3)42-34-13-16-41(63-24-21-51)37(28-34)36-26-33(12-15-40(36)62-23-20-50)27-39(45(59)52-22-19-49)55-43(57)30(2)53-46(42)60/h11-16,25-26,28,30-31,38-39,42H,4-10,17-18,20-24,27,48,50-51H2,1-3H3,(H,52,59)(H,53,60)(H,54,58)(H,55,57)/t30-,38-,39-,42-/m0/s1. The van der Waals surface area contributed by atoms with Crippen molar-refractivity contribution in [2.24, 2.45) is 23.1 Å². The molecule has 1 saturated carbocycles. The van der Waals surface area contributed by atoms with Crippen molar-refractivity contribution in [2.45, 2.75) is 95.8 Å². The number of carbonyl (C=O) groups is 5. The molecule has 5 rings (SSSR count). The molecule has 5 amide bonds. The number of nitrogens with zero attached hydrogens (tertiary/aromatic N) is 2. The molecule has 16 nitrogen and oxygen atoms in total. The average molecular weight is 866 g/mol. The Bertz CT molecular complexity index is 2130. The molecule has 16 heteroatoms. The van der Waals surface area contributed by atoms with E-state index < -0.39 is 53.7 Å². The minimum absolute atomic E-state index is 0.0186. The number of carbonyl (C=O) groups excluding carboxylic acids is 5. The number of nitriles is 1. The van der Waals surface area contributed by atoms with Gasteiger partial charge in [-0.2, -0.15) is 5.26 Å². The SMILES string of the molecule is Cc1cc(CCC2CCCCC2)ccc1C(=O)N[C@@H](CCN)C(=O)N(C)[C@@H]1C(=O)N[C@@H](C)C(=O)N[C@H](C(=O)NCC#N)Cc2ccc(OCCN)c(c2)-c2cc1ccc2OCCN. The quantitative estimate of drug-likeness (QED) is 0.0971. The molecule has 0 saturated heterocycles. The van der Waals surface area contributed by atoms with Crippen LogP contribution in [0.5, 0.6) is 11.5 Å². The van der Waals surface area contributed by atoms with Crippen molar-refractivity contribution in [3.05, 3.63) is 82.4 Å². The van der Waals surface area contributed by atoms with Gasteiger partial charge in [0.15, 0.2) is 0 Å². The van der Waals surface area contributed by atoms with E-state index in [1.165, 1.54) is 51.0 Å². The lowest BCUT2D eigenvalue weighted by atomic mass is 9.85. The second-order valence-electron chi connectivity index (χ2n) is 16.4. The second-order valence-corrected chi connectivity index (χ2v) is 16.4. The molecule has 1 heterocycles. The lowest BCUT2D eigenvalue weighted by Gasteiger charge is -2.32. The molecule has 0 radical (unpaired) electrons. The molecule has 4 atom stereocenters. The first kappa shape index (κ1) is 48.0. The summed E-state index contributed by atoms with van der Waals surface area (Å²) in [6.45, 7) is 3.84. The van der Waals surface area contributed by atoms with Crippen LogP contribution in [0.4, 0.5) is 0 Å². The molecule has 0 spiro atoms. The number of fused-ring (bicyclic) bond motifs is 5. The van der Waals surface area contributed by atoms with Crippen molar-refractivity contribution in [3.8, 4) is 28.7 Å². The number of likely N-dealkylation sites (N-methyl/N-ethyl adjacent to an activating group) is 1. The lowest BCUT2D eigenvalue weighted by Crippen LogP contribution is -2.56. The molecule has 4 bridgehead atoms. The summed E-state index contributed by atoms with van der Waals surface area (Å²) in [5.74, 6) is -1.51. The fourth-order valence-corrected chi connectivity index (χ4v) is 8.35. The van der Waals surface area contributed by atoms with Gasteiger partial charge in [0.25, 0.3) is 5.91 Å². The van der Waals surface area contributed by atoms with Gasteiger partial charge in [0.05, 0.1) is 6.07 Å². The maximum Gasteiger partial charge on any atom is 0.252 e. The normalized spacial score (nSPS) is 18.4. The predicted molar refractivity (Wildman–Crippen MR) is 239 cm³/mol. The third kappa shape index (κ3) is 12.8. The van der Waals surface area contributed by atoms with Gasteiger partial charge in [0.2, 0.25) is 23.6 Å². The molecule has 3 aromatic rings. The molecule has 338 valence electrons. The van der Waals surface area contributed by atoms with Gasteiger partial charge in [-0.05, 0) is 98.2 Å². The van der Waals surface area contributed by atoms with Crippen LogP contribution in [0.25, 0.3) is 11.1 Å². The number of nitrogens with two attached hydrogens (primary N) is 3. The maximum atomic E-state index is 14.6. The molecular formula is C47H63N9O7. The number of hydrogen-bond donors (Lipinski definition) is 7. The van der Waals surface area contributed by atoms with Crippen LogP contribution in [0.2, 0.25) is 0 Å². The summed E-state index contributed by atoms with van der Waals surface area (Å²) in [6, 6.07) is 13.1. The minimum Gasteiger partial charge on any atom is -0.492 e. The van der Waals surface area contributed by atoms with Crippen LogP contribution >= 0.6 is 0 Å². The number of benzene rings is 3. The number of aryl methyl sites for hydroxylation is 2. The lowest BCUT2D eigenvalue weighted by molar-refractivity contribution is -0.141. The number of amides is 5. The van der Waals surface area contributed by atoms with Gasteiger partial charge in [0.1, 0.15) is 55.4 Å². The van der Waals surface area contributed by atoms with E-state index in [0.29, 0.717) is 39.3 Å². The predicted octanol–water partition coefficient (Wildman–Crippen LogP) is 2.68. The first-order valence-electron chi connectivity index (χ1n) is 21.9. The Morgan fingerprint density at radius 2 is 1.57 bits per heavy atom. The van der Waals surface area contributed by atoms with Gasteiger partial charge in [-0.25, -0.2) is 0 Å². The molecule has 1 aliphatic carbocycles. The van der Waals surface area contributed by atoms with Gasteiger partial charge in [-0.15, -0.1) is 0 Å². The molecule has 1 fully saturated rings. The van der Waals surface area contributed by atoms with E-state index in [-0.39, 0.29) is 52.2 Å². The number of ether oxygens (including phenoxy) is 2. The summed E-state index contributed by atoms with van der Waals surface area (Å²) in [5.41, 5.74) is 22.0. The molecule has 0 unspecified atom stereocenters. The topological polar surface area (TPSA) is 257 Å². The van der Waals surface area contributed by atoms with Crippen LogP contribution in [-0.2, 0) is 32.0 Å². The van der Waals surface area contributed by atoms with E-state index in [9.17, 15) is 24.0 Å². The Hall–Kier alpha value is -6.02. The van der Waals surface area contributed by atoms with E-state index in [2.05, 4.69) is 21.3 Å². The highest BCUT2D eigenvalue weighted by Gasteiger charge is 2.36. The number of rotatable bonds is 17. The Morgan fingerprint density at radius 1 is 0.889 bits per heavy atom. The first-order valence-corrected chi connectivity index (χ1v) is 21.9. The van der Waals surface area contributed by atoms with E-state index >= 15 is 0 Å². The molecule has 1 aliphatic heterocycles. The number of nitrogens with one attached hydrogen (secondary N) is 4. The summed E-state index contributed by atoms with van der Waals surface area (Å²) < 4.78 is 12.2. The van der Waals surface area contributed by atoms with E-state index in [1.54, 1.807) is 42.5 Å². The van der Waals surface area contributed by atoms with Crippen LogP contribution < -0.4 is 47.9 Å². The van der Waals surface area contributed by atoms with Gasteiger partial charge in [-0.1, -0.05) is 56.4 Å². The zero-order chi connectivity index (χ0) is 45.5. The van der Waals surface area contributed by atoms with Gasteiger partial charge >= 0.3 is 0 Å². The van der Waals surface area contributed by atoms with E-state index in [4.69, 9.17) is 31.9 Å². The van der Waals surface area contributed by atoms with Crippen LogP contribution in [-0.4, -0.2) is 99.0 Å². The Kier molecular flexibility index (Phi) is 17.9. The summed E-state index contributed by atoms with van der Waals surface area (Å²) in [5, 5.41) is 20.0. The average Bonchev–Trinajstić information content (AvgIpc) is 3.28. The summed E-state index contributed by atoms with van der Waals surface area (Å²) in [6.07, 6.45) is 8.55. The smallest absolute Gasteiger partial charge is 0.252 e. The van der Waals surface area contributed by atoms with E-state index in [0.717, 1.165) is 29.9 Å². The fourth-order valence-electron chi connectivity index (χ4n) is 8.35. The highest BCUT2D eigenvalue weighted by molar-refractivity contribution is 6.00. The minimum atomic E-state index is -1.35. The molecule has 0 aromatic heterocycles. The van der Waals surface area contributed by atoms with Crippen molar-refractivity contribution >= 4 is 29.5 Å². The summed E-state index contributed by atoms with van der Waals surface area (Å²) in [4.78, 5) is 71.3. The highest BCUT2D eigenvalue weighted by atomic mass is 16.5. The third-order valence-corrected chi connectivity index (χ3v) is 11.7. The zero-order valence-electron chi connectivity index (χ0n) is 36.7. The van der Waals surface area contributed by atoms with Crippen LogP contribution in [0.1, 0.15) is 90.5 Å². The second kappa shape index (κ2) is 23.4. The van der Waals surface area contributed by atoms with Crippen molar-refractivity contribution in [2.75, 3.05) is 46.4 Å². The van der Waals surface area contributed by atoms with Crippen molar-refractivity contribution < 1.29 is 33.4 Å². The van der Waals surface area contributed by atoms with Gasteiger partial charge in [0, 0.05) is 43.2 Å². The Balaban J connectivity index is 1.53.